The van der Waals surface area contributed by atoms with Gasteiger partial charge < -0.3 is 10.1 Å². The van der Waals surface area contributed by atoms with Crippen LogP contribution in [0.3, 0.4) is 0 Å². The molecule has 2 rings (SSSR count). The number of hydrogen-bond donors (Lipinski definition) is 1. The average molecular weight is 399 g/mol. The number of rotatable bonds is 10. The molecule has 29 heavy (non-hydrogen) atoms. The maximum Gasteiger partial charge on any atom is 0.307 e. The summed E-state index contributed by atoms with van der Waals surface area (Å²) in [6.07, 6.45) is 0.455. The van der Waals surface area contributed by atoms with Crippen LogP contribution in [0.5, 0.6) is 0 Å². The molecule has 0 aliphatic heterocycles. The van der Waals surface area contributed by atoms with Crippen LogP contribution in [-0.4, -0.2) is 29.8 Å². The number of benzene rings is 2. The first-order valence-electron chi connectivity index (χ1n) is 9.67. The summed E-state index contributed by atoms with van der Waals surface area (Å²) in [6, 6.07) is 15.0. The highest BCUT2D eigenvalue weighted by Gasteiger charge is 2.20. The number of ether oxygens (including phenoxy) is 1. The Morgan fingerprint density at radius 3 is 2.28 bits per heavy atom. The number of aryl methyl sites for hydroxylation is 1. The largest absolute Gasteiger partial charge is 0.453 e. The van der Waals surface area contributed by atoms with E-state index in [1.165, 1.54) is 36.8 Å². The Morgan fingerprint density at radius 2 is 1.62 bits per heavy atom. The van der Waals surface area contributed by atoms with Gasteiger partial charge in [-0.05, 0) is 56.5 Å². The number of Topliss-reactive ketones (excluding diaryl/α,β-unsaturated/α-hetero) is 1. The van der Waals surface area contributed by atoms with E-state index in [0.717, 1.165) is 12.8 Å². The molecule has 6 heteroatoms. The van der Waals surface area contributed by atoms with E-state index in [9.17, 15) is 18.8 Å². The SMILES string of the molecule is C[C@H](OC(=O)CCC(=O)c1ccc(F)cc1)C(=O)N[C@@H](C)CCc1ccccc1. The van der Waals surface area contributed by atoms with Gasteiger partial charge >= 0.3 is 5.97 Å². The lowest BCUT2D eigenvalue weighted by atomic mass is 10.1. The van der Waals surface area contributed by atoms with Crippen molar-refractivity contribution >= 4 is 17.7 Å². The number of carbonyl (C=O) groups is 3. The molecule has 2 aromatic rings. The van der Waals surface area contributed by atoms with E-state index in [0.29, 0.717) is 5.56 Å². The number of esters is 1. The third kappa shape index (κ3) is 7.86. The first-order valence-corrected chi connectivity index (χ1v) is 9.67. The standard InChI is InChI=1S/C23H26FNO4/c1-16(8-9-18-6-4-3-5-7-18)25-23(28)17(2)29-22(27)15-14-21(26)19-10-12-20(24)13-11-19/h3-7,10-13,16-17H,8-9,14-15H2,1-2H3,(H,25,28)/t16-,17-/m0/s1. The summed E-state index contributed by atoms with van der Waals surface area (Å²) in [6.45, 7) is 3.40. The zero-order valence-electron chi connectivity index (χ0n) is 16.7. The Morgan fingerprint density at radius 1 is 0.966 bits per heavy atom. The molecule has 0 spiro atoms. The van der Waals surface area contributed by atoms with Crippen molar-refractivity contribution in [3.8, 4) is 0 Å². The van der Waals surface area contributed by atoms with Crippen LogP contribution >= 0.6 is 0 Å². The molecule has 0 saturated heterocycles. The monoisotopic (exact) mass is 399 g/mol. The van der Waals surface area contributed by atoms with E-state index in [4.69, 9.17) is 4.74 Å². The van der Waals surface area contributed by atoms with E-state index in [1.807, 2.05) is 37.3 Å². The smallest absolute Gasteiger partial charge is 0.307 e. The van der Waals surface area contributed by atoms with Crippen LogP contribution < -0.4 is 5.32 Å². The minimum absolute atomic E-state index is 0.0632. The van der Waals surface area contributed by atoms with Crippen molar-refractivity contribution < 1.29 is 23.5 Å². The zero-order valence-corrected chi connectivity index (χ0v) is 16.7. The maximum atomic E-state index is 12.9. The van der Waals surface area contributed by atoms with Crippen molar-refractivity contribution in [3.05, 3.63) is 71.5 Å². The van der Waals surface area contributed by atoms with Crippen LogP contribution in [0.25, 0.3) is 0 Å². The van der Waals surface area contributed by atoms with Gasteiger partial charge in [0.15, 0.2) is 11.9 Å². The molecule has 1 N–H and O–H groups in total. The first kappa shape index (κ1) is 22.3. The lowest BCUT2D eigenvalue weighted by Crippen LogP contribution is -2.41. The first-order chi connectivity index (χ1) is 13.8. The Hall–Kier alpha value is -3.02. The summed E-state index contributed by atoms with van der Waals surface area (Å²) in [5.41, 5.74) is 1.52. The van der Waals surface area contributed by atoms with E-state index < -0.39 is 17.9 Å². The van der Waals surface area contributed by atoms with E-state index >= 15 is 0 Å². The lowest BCUT2D eigenvalue weighted by molar-refractivity contribution is -0.155. The number of carbonyl (C=O) groups excluding carboxylic acids is 3. The second-order valence-electron chi connectivity index (χ2n) is 7.00. The molecule has 0 heterocycles. The van der Waals surface area contributed by atoms with Crippen LogP contribution in [0.4, 0.5) is 4.39 Å². The predicted octanol–water partition coefficient (Wildman–Crippen LogP) is 3.86. The molecule has 0 aliphatic carbocycles. The van der Waals surface area contributed by atoms with E-state index in [-0.39, 0.29) is 30.6 Å². The molecular weight excluding hydrogens is 373 g/mol. The van der Waals surface area contributed by atoms with Crippen LogP contribution in [0.1, 0.15) is 49.0 Å². The second-order valence-corrected chi connectivity index (χ2v) is 7.00. The normalized spacial score (nSPS) is 12.7. The van der Waals surface area contributed by atoms with Gasteiger partial charge in [-0.15, -0.1) is 0 Å². The Bertz CT molecular complexity index is 821. The molecule has 1 amide bonds. The summed E-state index contributed by atoms with van der Waals surface area (Å²) < 4.78 is 18.0. The van der Waals surface area contributed by atoms with Gasteiger partial charge in [-0.2, -0.15) is 0 Å². The van der Waals surface area contributed by atoms with Gasteiger partial charge in [0.1, 0.15) is 5.82 Å². The fraction of sp³-hybridized carbons (Fsp3) is 0.348. The third-order valence-corrected chi connectivity index (χ3v) is 4.50. The van der Waals surface area contributed by atoms with Crippen molar-refractivity contribution in [1.82, 2.24) is 5.32 Å². The van der Waals surface area contributed by atoms with E-state index in [2.05, 4.69) is 5.32 Å². The fourth-order valence-corrected chi connectivity index (χ4v) is 2.77. The zero-order chi connectivity index (χ0) is 21.2. The van der Waals surface area contributed by atoms with Gasteiger partial charge in [-0.1, -0.05) is 30.3 Å². The Kier molecular flexibility index (Phi) is 8.52. The van der Waals surface area contributed by atoms with E-state index in [1.54, 1.807) is 0 Å². The van der Waals surface area contributed by atoms with Gasteiger partial charge in [-0.25, -0.2) is 4.39 Å². The summed E-state index contributed by atoms with van der Waals surface area (Å²) in [7, 11) is 0. The quantitative estimate of drug-likeness (QED) is 0.486. The summed E-state index contributed by atoms with van der Waals surface area (Å²) in [5, 5.41) is 2.83. The van der Waals surface area contributed by atoms with Crippen LogP contribution in [0.15, 0.2) is 54.6 Å². The van der Waals surface area contributed by atoms with Gasteiger partial charge in [0.2, 0.25) is 0 Å². The summed E-state index contributed by atoms with van der Waals surface area (Å²) >= 11 is 0. The number of amides is 1. The number of nitrogens with one attached hydrogen (secondary N) is 1. The predicted molar refractivity (Wildman–Crippen MR) is 108 cm³/mol. The number of hydrogen-bond acceptors (Lipinski definition) is 4. The van der Waals surface area contributed by atoms with Crippen molar-refractivity contribution in [2.75, 3.05) is 0 Å². The molecule has 0 bridgehead atoms. The molecule has 0 radical (unpaired) electrons. The molecule has 0 aromatic heterocycles. The van der Waals surface area contributed by atoms with Crippen LogP contribution in [-0.2, 0) is 20.7 Å². The molecule has 0 aliphatic rings. The Balaban J connectivity index is 1.70. The molecule has 0 saturated carbocycles. The second kappa shape index (κ2) is 11.1. The van der Waals surface area contributed by atoms with Crippen molar-refractivity contribution in [2.24, 2.45) is 0 Å². The number of ketones is 1. The maximum absolute atomic E-state index is 12.9. The molecule has 2 atom stereocenters. The Labute approximate surface area is 170 Å². The molecule has 2 aromatic carbocycles. The minimum Gasteiger partial charge on any atom is -0.453 e. The summed E-state index contributed by atoms with van der Waals surface area (Å²) in [4.78, 5) is 36.1. The van der Waals surface area contributed by atoms with Crippen molar-refractivity contribution in [2.45, 2.75) is 51.7 Å². The molecular formula is C23H26FNO4. The molecule has 0 fully saturated rings. The van der Waals surface area contributed by atoms with Gasteiger partial charge in [0.25, 0.3) is 5.91 Å². The lowest BCUT2D eigenvalue weighted by Gasteiger charge is -2.18. The van der Waals surface area contributed by atoms with Crippen molar-refractivity contribution in [1.29, 1.82) is 0 Å². The van der Waals surface area contributed by atoms with Crippen molar-refractivity contribution in [3.63, 3.8) is 0 Å². The highest BCUT2D eigenvalue weighted by Crippen LogP contribution is 2.09. The topological polar surface area (TPSA) is 72.5 Å². The molecule has 5 nitrogen and oxygen atoms in total. The van der Waals surface area contributed by atoms with Gasteiger partial charge in [0.05, 0.1) is 6.42 Å². The average Bonchev–Trinajstić information content (AvgIpc) is 2.71. The molecule has 0 unspecified atom stereocenters. The molecule has 154 valence electrons. The highest BCUT2D eigenvalue weighted by atomic mass is 19.1. The summed E-state index contributed by atoms with van der Waals surface area (Å²) in [5.74, 6) is -1.71. The van der Waals surface area contributed by atoms with Gasteiger partial charge in [-0.3, -0.25) is 14.4 Å². The van der Waals surface area contributed by atoms with Gasteiger partial charge in [0, 0.05) is 18.0 Å². The fourth-order valence-electron chi connectivity index (χ4n) is 2.77. The highest BCUT2D eigenvalue weighted by molar-refractivity contribution is 5.97. The van der Waals surface area contributed by atoms with Crippen LogP contribution in [0.2, 0.25) is 0 Å². The van der Waals surface area contributed by atoms with Crippen LogP contribution in [0, 0.1) is 5.82 Å². The number of halogens is 1. The minimum atomic E-state index is -0.942. The third-order valence-electron chi connectivity index (χ3n) is 4.50.